The van der Waals surface area contributed by atoms with E-state index in [1.54, 1.807) is 0 Å². The number of nitrogens with two attached hydrogens (primary N) is 1. The lowest BCUT2D eigenvalue weighted by atomic mass is 9.98. The van der Waals surface area contributed by atoms with Crippen LogP contribution in [-0.2, 0) is 24.2 Å². The third kappa shape index (κ3) is 4.44. The number of ether oxygens (including phenoxy) is 1. The second kappa shape index (κ2) is 5.85. The molecule has 2 atom stereocenters. The Bertz CT molecular complexity index is 455. The molecule has 0 bridgehead atoms. The maximum Gasteiger partial charge on any atom is 0.331 e. The molecule has 0 spiro atoms. The Kier molecular flexibility index (Phi) is 4.88. The summed E-state index contributed by atoms with van der Waals surface area (Å²) in [5, 5.41) is 11.5. The van der Waals surface area contributed by atoms with Gasteiger partial charge in [-0.2, -0.15) is 0 Å². The first-order valence-corrected chi connectivity index (χ1v) is 7.79. The number of hydrogen-bond acceptors (Lipinski definition) is 6. The summed E-state index contributed by atoms with van der Waals surface area (Å²) in [5.74, 6) is -2.09. The zero-order chi connectivity index (χ0) is 14.7. The number of amides is 1. The van der Waals surface area contributed by atoms with Crippen molar-refractivity contribution in [3.63, 3.8) is 0 Å². The molecule has 2 unspecified atom stereocenters. The molecule has 0 saturated carbocycles. The van der Waals surface area contributed by atoms with Crippen LogP contribution in [0.1, 0.15) is 12.8 Å². The molecule has 0 aromatic heterocycles. The Hall–Kier alpha value is -1.19. The summed E-state index contributed by atoms with van der Waals surface area (Å²) in [6.07, 6.45) is 1.15. The van der Waals surface area contributed by atoms with Gasteiger partial charge in [-0.15, -0.1) is 0 Å². The zero-order valence-corrected chi connectivity index (χ0v) is 11.4. The summed E-state index contributed by atoms with van der Waals surface area (Å²) in [4.78, 5) is 22.9. The summed E-state index contributed by atoms with van der Waals surface area (Å²) in [7, 11) is -3.21. The number of carboxylic acids is 1. The van der Waals surface area contributed by atoms with Crippen molar-refractivity contribution in [1.29, 1.82) is 0 Å². The van der Waals surface area contributed by atoms with Crippen LogP contribution in [0.15, 0.2) is 0 Å². The Balaban J connectivity index is 2.60. The van der Waals surface area contributed by atoms with Gasteiger partial charge in [0, 0.05) is 19.3 Å². The van der Waals surface area contributed by atoms with Crippen LogP contribution in [0, 0.1) is 0 Å². The first-order valence-electron chi connectivity index (χ1n) is 5.73. The van der Waals surface area contributed by atoms with Gasteiger partial charge in [0.1, 0.15) is 9.84 Å². The molecule has 1 rings (SSSR count). The monoisotopic (exact) mass is 294 g/mol. The van der Waals surface area contributed by atoms with Gasteiger partial charge >= 0.3 is 5.97 Å². The van der Waals surface area contributed by atoms with Crippen LogP contribution in [0.25, 0.3) is 0 Å². The van der Waals surface area contributed by atoms with Crippen molar-refractivity contribution < 1.29 is 27.9 Å². The van der Waals surface area contributed by atoms with E-state index in [9.17, 15) is 18.0 Å². The fourth-order valence-electron chi connectivity index (χ4n) is 1.69. The fourth-order valence-corrected chi connectivity index (χ4v) is 2.37. The maximum absolute atomic E-state index is 11.8. The van der Waals surface area contributed by atoms with E-state index in [0.717, 1.165) is 6.26 Å². The summed E-state index contributed by atoms with van der Waals surface area (Å²) in [6, 6.07) is -1.06. The molecule has 19 heavy (non-hydrogen) atoms. The molecule has 8 nitrogen and oxygen atoms in total. The van der Waals surface area contributed by atoms with Gasteiger partial charge < -0.3 is 20.9 Å². The highest BCUT2D eigenvalue weighted by Gasteiger charge is 2.44. The van der Waals surface area contributed by atoms with E-state index < -0.39 is 33.3 Å². The Labute approximate surface area is 111 Å². The van der Waals surface area contributed by atoms with E-state index in [0.29, 0.717) is 0 Å². The molecule has 0 radical (unpaired) electrons. The van der Waals surface area contributed by atoms with Crippen molar-refractivity contribution in [2.45, 2.75) is 24.4 Å². The second-order valence-electron chi connectivity index (χ2n) is 4.70. The van der Waals surface area contributed by atoms with Gasteiger partial charge in [0.05, 0.1) is 18.4 Å². The predicted octanol–water partition coefficient (Wildman–Crippen LogP) is -1.89. The SMILES string of the molecule is CS(=O)(=O)CCC(N)C(=O)NC1(C(=O)O)CCOC1. The minimum absolute atomic E-state index is 0.0543. The summed E-state index contributed by atoms with van der Waals surface area (Å²) in [6.45, 7) is 0.123. The molecule has 4 N–H and O–H groups in total. The molecule has 110 valence electrons. The van der Waals surface area contributed by atoms with Crippen molar-refractivity contribution in [1.82, 2.24) is 5.32 Å². The van der Waals surface area contributed by atoms with Crippen LogP contribution in [-0.4, -0.2) is 62.2 Å². The van der Waals surface area contributed by atoms with Gasteiger partial charge in [0.15, 0.2) is 5.54 Å². The number of carboxylic acid groups (broad SMARTS) is 1. The number of nitrogens with one attached hydrogen (secondary N) is 1. The molecule has 0 aromatic rings. The quantitative estimate of drug-likeness (QED) is 0.521. The van der Waals surface area contributed by atoms with Crippen molar-refractivity contribution in [2.75, 3.05) is 25.2 Å². The highest BCUT2D eigenvalue weighted by Crippen LogP contribution is 2.19. The molecule has 0 aliphatic carbocycles. The molecular weight excluding hydrogens is 276 g/mol. The molecule has 1 amide bonds. The first kappa shape index (κ1) is 15.9. The summed E-state index contributed by atoms with van der Waals surface area (Å²) in [5.41, 5.74) is 4.09. The summed E-state index contributed by atoms with van der Waals surface area (Å²) < 4.78 is 26.9. The normalized spacial score (nSPS) is 24.9. The van der Waals surface area contributed by atoms with Gasteiger partial charge in [0.25, 0.3) is 0 Å². The second-order valence-corrected chi connectivity index (χ2v) is 6.96. The molecule has 1 heterocycles. The lowest BCUT2D eigenvalue weighted by molar-refractivity contribution is -0.147. The fraction of sp³-hybridized carbons (Fsp3) is 0.800. The highest BCUT2D eigenvalue weighted by molar-refractivity contribution is 7.90. The molecule has 1 saturated heterocycles. The van der Waals surface area contributed by atoms with Gasteiger partial charge in [-0.1, -0.05) is 0 Å². The lowest BCUT2D eigenvalue weighted by Crippen LogP contribution is -2.58. The largest absolute Gasteiger partial charge is 0.479 e. The van der Waals surface area contributed by atoms with Crippen LogP contribution in [0.5, 0.6) is 0 Å². The molecule has 1 aliphatic rings. The van der Waals surface area contributed by atoms with Gasteiger partial charge in [-0.05, 0) is 6.42 Å². The van der Waals surface area contributed by atoms with Gasteiger partial charge in [-0.25, -0.2) is 13.2 Å². The number of rotatable bonds is 6. The number of carbonyl (C=O) groups is 2. The van der Waals surface area contributed by atoms with E-state index in [-0.39, 0.29) is 31.8 Å². The standard InChI is InChI=1S/C10H18N2O6S/c1-19(16,17)5-2-7(11)8(13)12-10(9(14)15)3-4-18-6-10/h7H,2-6,11H2,1H3,(H,12,13)(H,14,15). The number of aliphatic carboxylic acids is 1. The smallest absolute Gasteiger partial charge is 0.331 e. The van der Waals surface area contributed by atoms with Gasteiger partial charge in [0.2, 0.25) is 5.91 Å². The molecule has 0 aromatic carbocycles. The third-order valence-corrected chi connectivity index (χ3v) is 3.91. The average molecular weight is 294 g/mol. The minimum Gasteiger partial charge on any atom is -0.479 e. The van der Waals surface area contributed by atoms with E-state index >= 15 is 0 Å². The van der Waals surface area contributed by atoms with Crippen molar-refractivity contribution >= 4 is 21.7 Å². The Morgan fingerprint density at radius 3 is 2.58 bits per heavy atom. The van der Waals surface area contributed by atoms with Crippen LogP contribution in [0.2, 0.25) is 0 Å². The van der Waals surface area contributed by atoms with E-state index in [1.807, 2.05) is 0 Å². The van der Waals surface area contributed by atoms with Crippen molar-refractivity contribution in [3.05, 3.63) is 0 Å². The van der Waals surface area contributed by atoms with Crippen LogP contribution in [0.4, 0.5) is 0 Å². The lowest BCUT2D eigenvalue weighted by Gasteiger charge is -2.25. The van der Waals surface area contributed by atoms with Crippen LogP contribution >= 0.6 is 0 Å². The highest BCUT2D eigenvalue weighted by atomic mass is 32.2. The van der Waals surface area contributed by atoms with Crippen LogP contribution < -0.4 is 11.1 Å². The minimum atomic E-state index is -3.21. The Morgan fingerprint density at radius 2 is 2.16 bits per heavy atom. The number of sulfone groups is 1. The van der Waals surface area contributed by atoms with Gasteiger partial charge in [-0.3, -0.25) is 4.79 Å². The third-order valence-electron chi connectivity index (χ3n) is 2.93. The maximum atomic E-state index is 11.8. The van der Waals surface area contributed by atoms with Crippen LogP contribution in [0.3, 0.4) is 0 Å². The van der Waals surface area contributed by atoms with E-state index in [4.69, 9.17) is 15.6 Å². The number of carbonyl (C=O) groups excluding carboxylic acids is 1. The topological polar surface area (TPSA) is 136 Å². The Morgan fingerprint density at radius 1 is 1.53 bits per heavy atom. The molecular formula is C10H18N2O6S. The van der Waals surface area contributed by atoms with Crippen molar-refractivity contribution in [3.8, 4) is 0 Å². The number of hydrogen-bond donors (Lipinski definition) is 3. The summed E-state index contributed by atoms with van der Waals surface area (Å²) >= 11 is 0. The zero-order valence-electron chi connectivity index (χ0n) is 10.6. The van der Waals surface area contributed by atoms with Crippen molar-refractivity contribution in [2.24, 2.45) is 5.73 Å². The molecule has 1 fully saturated rings. The van der Waals surface area contributed by atoms with E-state index in [2.05, 4.69) is 5.32 Å². The molecule has 9 heteroatoms. The first-order chi connectivity index (χ1) is 8.66. The predicted molar refractivity (Wildman–Crippen MR) is 66.2 cm³/mol. The average Bonchev–Trinajstić information content (AvgIpc) is 2.74. The molecule has 1 aliphatic heterocycles. The van der Waals surface area contributed by atoms with E-state index in [1.165, 1.54) is 0 Å².